The van der Waals surface area contributed by atoms with E-state index in [1.54, 1.807) is 4.68 Å². The highest BCUT2D eigenvalue weighted by atomic mass is 16.2. The van der Waals surface area contributed by atoms with Crippen molar-refractivity contribution < 1.29 is 4.79 Å². The van der Waals surface area contributed by atoms with Crippen molar-refractivity contribution in [2.24, 2.45) is 11.8 Å². The summed E-state index contributed by atoms with van der Waals surface area (Å²) in [7, 11) is 0. The molecular formula is C14H27N5O. The van der Waals surface area contributed by atoms with E-state index in [4.69, 9.17) is 0 Å². The number of rotatable bonds is 8. The van der Waals surface area contributed by atoms with E-state index >= 15 is 0 Å². The van der Waals surface area contributed by atoms with Crippen molar-refractivity contribution in [3.05, 3.63) is 11.9 Å². The van der Waals surface area contributed by atoms with Crippen molar-refractivity contribution in [1.29, 1.82) is 0 Å². The van der Waals surface area contributed by atoms with Crippen LogP contribution in [0.5, 0.6) is 0 Å². The van der Waals surface area contributed by atoms with E-state index in [-0.39, 0.29) is 11.9 Å². The maximum Gasteiger partial charge on any atom is 0.244 e. The number of nitrogens with one attached hydrogen (secondary N) is 2. The van der Waals surface area contributed by atoms with Crippen LogP contribution in [0.25, 0.3) is 0 Å². The summed E-state index contributed by atoms with van der Waals surface area (Å²) in [6.45, 7) is 12.6. The van der Waals surface area contributed by atoms with Gasteiger partial charge >= 0.3 is 0 Å². The quantitative estimate of drug-likeness (QED) is 0.754. The van der Waals surface area contributed by atoms with Crippen molar-refractivity contribution >= 4 is 5.91 Å². The molecule has 20 heavy (non-hydrogen) atoms. The van der Waals surface area contributed by atoms with E-state index in [0.717, 1.165) is 12.2 Å². The second kappa shape index (κ2) is 7.99. The minimum Gasteiger partial charge on any atom is -0.354 e. The largest absolute Gasteiger partial charge is 0.354 e. The van der Waals surface area contributed by atoms with Gasteiger partial charge in [0.1, 0.15) is 6.04 Å². The molecule has 1 unspecified atom stereocenters. The van der Waals surface area contributed by atoms with E-state index in [1.165, 1.54) is 0 Å². The Labute approximate surface area is 121 Å². The molecule has 0 radical (unpaired) electrons. The highest BCUT2D eigenvalue weighted by Gasteiger charge is 2.16. The Morgan fingerprint density at radius 1 is 1.20 bits per heavy atom. The summed E-state index contributed by atoms with van der Waals surface area (Å²) in [6, 6.07) is -0.333. The van der Waals surface area contributed by atoms with Gasteiger partial charge in [0.2, 0.25) is 5.91 Å². The van der Waals surface area contributed by atoms with Crippen molar-refractivity contribution in [2.75, 3.05) is 13.1 Å². The van der Waals surface area contributed by atoms with Crippen LogP contribution in [0, 0.1) is 11.8 Å². The van der Waals surface area contributed by atoms with Gasteiger partial charge in [-0.2, -0.15) is 0 Å². The molecule has 0 aliphatic carbocycles. The van der Waals surface area contributed by atoms with E-state index in [9.17, 15) is 4.79 Å². The Hall–Kier alpha value is -1.43. The zero-order chi connectivity index (χ0) is 15.1. The first-order chi connectivity index (χ1) is 9.40. The summed E-state index contributed by atoms with van der Waals surface area (Å²) in [5, 5.41) is 14.3. The minimum absolute atomic E-state index is 0.0229. The van der Waals surface area contributed by atoms with Crippen molar-refractivity contribution in [2.45, 2.75) is 47.2 Å². The number of carbonyl (C=O) groups excluding carboxylic acids is 1. The van der Waals surface area contributed by atoms with Gasteiger partial charge in [-0.15, -0.1) is 5.10 Å². The molecule has 6 heteroatoms. The number of hydrogen-bond acceptors (Lipinski definition) is 4. The summed E-state index contributed by atoms with van der Waals surface area (Å²) in [6.07, 6.45) is 1.83. The lowest BCUT2D eigenvalue weighted by Crippen LogP contribution is -2.33. The van der Waals surface area contributed by atoms with E-state index in [2.05, 4.69) is 48.6 Å². The molecule has 0 aliphatic heterocycles. The van der Waals surface area contributed by atoms with Gasteiger partial charge in [-0.3, -0.25) is 4.79 Å². The molecule has 0 fully saturated rings. The molecule has 1 aromatic rings. The van der Waals surface area contributed by atoms with Crippen LogP contribution in [0.4, 0.5) is 0 Å². The van der Waals surface area contributed by atoms with Crippen molar-refractivity contribution in [3.63, 3.8) is 0 Å². The van der Waals surface area contributed by atoms with Crippen LogP contribution in [0.1, 0.15) is 46.4 Å². The Morgan fingerprint density at radius 2 is 1.85 bits per heavy atom. The number of nitrogens with zero attached hydrogens (tertiary/aromatic N) is 3. The van der Waals surface area contributed by atoms with Crippen LogP contribution in [0.2, 0.25) is 0 Å². The maximum absolute atomic E-state index is 11.9. The lowest BCUT2D eigenvalue weighted by Gasteiger charge is -2.13. The Balaban J connectivity index is 2.46. The molecule has 1 heterocycles. The second-order valence-corrected chi connectivity index (χ2v) is 6.03. The molecule has 2 N–H and O–H groups in total. The van der Waals surface area contributed by atoms with Crippen LogP contribution in [-0.4, -0.2) is 34.0 Å². The fourth-order valence-corrected chi connectivity index (χ4v) is 1.65. The molecule has 0 aliphatic rings. The van der Waals surface area contributed by atoms with Gasteiger partial charge in [0, 0.05) is 13.1 Å². The maximum atomic E-state index is 11.9. The molecular weight excluding hydrogens is 254 g/mol. The molecule has 0 saturated carbocycles. The lowest BCUT2D eigenvalue weighted by atomic mass is 10.2. The average molecular weight is 281 g/mol. The van der Waals surface area contributed by atoms with Crippen LogP contribution < -0.4 is 10.6 Å². The van der Waals surface area contributed by atoms with Gasteiger partial charge in [-0.05, 0) is 25.3 Å². The highest BCUT2D eigenvalue weighted by molar-refractivity contribution is 5.79. The van der Waals surface area contributed by atoms with Gasteiger partial charge in [0.05, 0.1) is 11.9 Å². The minimum atomic E-state index is -0.333. The van der Waals surface area contributed by atoms with E-state index in [0.29, 0.717) is 24.9 Å². The molecule has 1 rings (SSSR count). The third-order valence-electron chi connectivity index (χ3n) is 2.88. The fraction of sp³-hybridized carbons (Fsp3) is 0.786. The summed E-state index contributed by atoms with van der Waals surface area (Å²) < 4.78 is 1.61. The first-order valence-corrected chi connectivity index (χ1v) is 7.29. The van der Waals surface area contributed by atoms with Gasteiger partial charge in [-0.1, -0.05) is 32.9 Å². The number of amides is 1. The average Bonchev–Trinajstić information content (AvgIpc) is 2.83. The van der Waals surface area contributed by atoms with Crippen molar-refractivity contribution in [1.82, 2.24) is 25.6 Å². The Bertz CT molecular complexity index is 413. The van der Waals surface area contributed by atoms with Gasteiger partial charge in [0.25, 0.3) is 0 Å². The Kier molecular flexibility index (Phi) is 6.64. The molecule has 6 nitrogen and oxygen atoms in total. The number of carbonyl (C=O) groups is 1. The van der Waals surface area contributed by atoms with Crippen LogP contribution in [-0.2, 0) is 11.3 Å². The normalized spacial score (nSPS) is 12.9. The topological polar surface area (TPSA) is 71.8 Å². The lowest BCUT2D eigenvalue weighted by molar-refractivity contribution is -0.124. The zero-order valence-corrected chi connectivity index (χ0v) is 13.2. The Morgan fingerprint density at radius 3 is 2.45 bits per heavy atom. The SMILES string of the molecule is CC(C)CNCc1cn(C(C)C(=O)NCC(C)C)nn1. The number of aromatic nitrogens is 3. The molecule has 1 aromatic heterocycles. The van der Waals surface area contributed by atoms with Gasteiger partial charge < -0.3 is 10.6 Å². The fourth-order valence-electron chi connectivity index (χ4n) is 1.65. The van der Waals surface area contributed by atoms with Gasteiger partial charge in [-0.25, -0.2) is 4.68 Å². The molecule has 0 spiro atoms. The summed E-state index contributed by atoms with van der Waals surface area (Å²) in [4.78, 5) is 11.9. The first-order valence-electron chi connectivity index (χ1n) is 7.29. The molecule has 0 aromatic carbocycles. The number of hydrogen-bond donors (Lipinski definition) is 2. The second-order valence-electron chi connectivity index (χ2n) is 6.03. The van der Waals surface area contributed by atoms with Gasteiger partial charge in [0.15, 0.2) is 0 Å². The standard InChI is InChI=1S/C14H27N5O/c1-10(2)6-15-8-13-9-19(18-17-13)12(5)14(20)16-7-11(3)4/h9-12,15H,6-8H2,1-5H3,(H,16,20). The van der Waals surface area contributed by atoms with Crippen molar-refractivity contribution in [3.8, 4) is 0 Å². The van der Waals surface area contributed by atoms with E-state index in [1.807, 2.05) is 13.1 Å². The predicted octanol–water partition coefficient (Wildman–Crippen LogP) is 1.36. The summed E-state index contributed by atoms with van der Waals surface area (Å²) in [5.41, 5.74) is 0.856. The van der Waals surface area contributed by atoms with Crippen LogP contribution in [0.3, 0.4) is 0 Å². The molecule has 114 valence electrons. The third kappa shape index (κ3) is 5.69. The summed E-state index contributed by atoms with van der Waals surface area (Å²) >= 11 is 0. The highest BCUT2D eigenvalue weighted by Crippen LogP contribution is 2.05. The molecule has 0 bridgehead atoms. The third-order valence-corrected chi connectivity index (χ3v) is 2.88. The smallest absolute Gasteiger partial charge is 0.244 e. The zero-order valence-electron chi connectivity index (χ0n) is 13.2. The molecule has 1 amide bonds. The summed E-state index contributed by atoms with van der Waals surface area (Å²) in [5.74, 6) is 1.02. The predicted molar refractivity (Wildman–Crippen MR) is 79.1 cm³/mol. The van der Waals surface area contributed by atoms with Crippen LogP contribution in [0.15, 0.2) is 6.20 Å². The molecule has 1 atom stereocenters. The molecule has 0 saturated heterocycles. The van der Waals surface area contributed by atoms with E-state index < -0.39 is 0 Å². The van der Waals surface area contributed by atoms with Crippen LogP contribution >= 0.6 is 0 Å². The first kappa shape index (κ1) is 16.6. The monoisotopic (exact) mass is 281 g/mol.